The third kappa shape index (κ3) is 2.82. The van der Waals surface area contributed by atoms with Gasteiger partial charge in [0, 0.05) is 11.4 Å². The summed E-state index contributed by atoms with van der Waals surface area (Å²) in [4.78, 5) is 13.7. The van der Waals surface area contributed by atoms with Crippen molar-refractivity contribution in [1.29, 1.82) is 0 Å². The lowest BCUT2D eigenvalue weighted by Crippen LogP contribution is -2.23. The Morgan fingerprint density at radius 2 is 2.05 bits per heavy atom. The quantitative estimate of drug-likeness (QED) is 0.785. The van der Waals surface area contributed by atoms with Gasteiger partial charge in [-0.25, -0.2) is 9.97 Å². The lowest BCUT2D eigenvalue weighted by molar-refractivity contribution is 0.267. The Labute approximate surface area is 125 Å². The third-order valence-electron chi connectivity index (χ3n) is 3.17. The van der Waals surface area contributed by atoms with Gasteiger partial charge in [-0.1, -0.05) is 13.0 Å². The normalized spacial score (nSPS) is 11.5. The van der Waals surface area contributed by atoms with Gasteiger partial charge in [0.25, 0.3) is 0 Å². The van der Waals surface area contributed by atoms with E-state index in [4.69, 9.17) is 5.73 Å². The van der Waals surface area contributed by atoms with E-state index in [1.807, 2.05) is 11.4 Å². The van der Waals surface area contributed by atoms with Crippen LogP contribution in [0.3, 0.4) is 0 Å². The van der Waals surface area contributed by atoms with Gasteiger partial charge in [-0.2, -0.15) is 0 Å². The Morgan fingerprint density at radius 3 is 2.80 bits per heavy atom. The first-order valence-electron chi connectivity index (χ1n) is 6.50. The molecule has 20 heavy (non-hydrogen) atoms. The maximum absolute atomic E-state index is 5.99. The van der Waals surface area contributed by atoms with E-state index in [2.05, 4.69) is 39.3 Å². The van der Waals surface area contributed by atoms with Crippen LogP contribution < -0.4 is 5.73 Å². The van der Waals surface area contributed by atoms with E-state index in [-0.39, 0.29) is 0 Å². The summed E-state index contributed by atoms with van der Waals surface area (Å²) in [5.74, 6) is 1.38. The summed E-state index contributed by atoms with van der Waals surface area (Å²) in [7, 11) is 0. The largest absolute Gasteiger partial charge is 0.383 e. The van der Waals surface area contributed by atoms with Crippen LogP contribution in [0.25, 0.3) is 10.2 Å². The minimum absolute atomic E-state index is 0.582. The van der Waals surface area contributed by atoms with Crippen molar-refractivity contribution in [2.75, 3.05) is 12.3 Å². The average Bonchev–Trinajstić information content (AvgIpc) is 3.08. The molecule has 0 aliphatic carbocycles. The van der Waals surface area contributed by atoms with Crippen molar-refractivity contribution >= 4 is 38.7 Å². The summed E-state index contributed by atoms with van der Waals surface area (Å²) in [5.41, 5.74) is 5.99. The maximum atomic E-state index is 5.99. The molecule has 0 amide bonds. The summed E-state index contributed by atoms with van der Waals surface area (Å²) in [6, 6.07) is 6.22. The molecule has 4 nitrogen and oxygen atoms in total. The highest BCUT2D eigenvalue weighted by Crippen LogP contribution is 2.23. The van der Waals surface area contributed by atoms with Crippen molar-refractivity contribution in [3.8, 4) is 0 Å². The van der Waals surface area contributed by atoms with Crippen LogP contribution in [0.4, 0.5) is 5.82 Å². The van der Waals surface area contributed by atoms with Crippen molar-refractivity contribution in [3.63, 3.8) is 0 Å². The number of aromatic nitrogens is 2. The van der Waals surface area contributed by atoms with Gasteiger partial charge in [0.1, 0.15) is 16.5 Å². The second-order valence-corrected chi connectivity index (χ2v) is 6.47. The summed E-state index contributed by atoms with van der Waals surface area (Å²) >= 11 is 3.39. The molecule has 0 aliphatic heterocycles. The van der Waals surface area contributed by atoms with Crippen LogP contribution >= 0.6 is 22.7 Å². The van der Waals surface area contributed by atoms with E-state index in [1.54, 1.807) is 22.7 Å². The SMILES string of the molecule is CCN(Cc1nc(N)c2ccsc2n1)Cc1cccs1. The molecule has 0 aromatic carbocycles. The van der Waals surface area contributed by atoms with Crippen molar-refractivity contribution in [2.24, 2.45) is 0 Å². The molecule has 3 aromatic heterocycles. The number of fused-ring (bicyclic) bond motifs is 1. The minimum atomic E-state index is 0.582. The molecule has 0 aliphatic rings. The zero-order valence-electron chi connectivity index (χ0n) is 11.2. The van der Waals surface area contributed by atoms with Crippen LogP contribution in [-0.4, -0.2) is 21.4 Å². The van der Waals surface area contributed by atoms with Gasteiger partial charge >= 0.3 is 0 Å². The zero-order valence-corrected chi connectivity index (χ0v) is 12.9. The average molecular weight is 304 g/mol. The number of nitrogens with zero attached hydrogens (tertiary/aromatic N) is 3. The number of hydrogen-bond acceptors (Lipinski definition) is 6. The molecule has 3 heterocycles. The number of rotatable bonds is 5. The van der Waals surface area contributed by atoms with Crippen LogP contribution in [0.2, 0.25) is 0 Å². The molecule has 0 atom stereocenters. The number of nitrogens with two attached hydrogens (primary N) is 1. The molecule has 0 radical (unpaired) electrons. The molecule has 0 fully saturated rings. The van der Waals surface area contributed by atoms with Crippen LogP contribution in [0.15, 0.2) is 29.0 Å². The fourth-order valence-electron chi connectivity index (χ4n) is 2.10. The smallest absolute Gasteiger partial charge is 0.146 e. The van der Waals surface area contributed by atoms with Gasteiger partial charge in [-0.05, 0) is 29.4 Å². The van der Waals surface area contributed by atoms with Gasteiger partial charge < -0.3 is 5.73 Å². The van der Waals surface area contributed by atoms with E-state index in [0.717, 1.165) is 35.7 Å². The first-order chi connectivity index (χ1) is 9.76. The molecule has 0 saturated heterocycles. The lowest BCUT2D eigenvalue weighted by Gasteiger charge is -2.18. The Hall–Kier alpha value is -1.50. The van der Waals surface area contributed by atoms with Gasteiger partial charge in [0.2, 0.25) is 0 Å². The predicted molar refractivity (Wildman–Crippen MR) is 85.9 cm³/mol. The van der Waals surface area contributed by atoms with Crippen molar-refractivity contribution < 1.29 is 0 Å². The highest BCUT2D eigenvalue weighted by molar-refractivity contribution is 7.16. The summed E-state index contributed by atoms with van der Waals surface area (Å²) in [6.45, 7) is 4.77. The highest BCUT2D eigenvalue weighted by Gasteiger charge is 2.11. The number of nitrogen functional groups attached to an aromatic ring is 1. The second kappa shape index (κ2) is 5.87. The van der Waals surface area contributed by atoms with Crippen molar-refractivity contribution in [2.45, 2.75) is 20.0 Å². The van der Waals surface area contributed by atoms with Crippen molar-refractivity contribution in [3.05, 3.63) is 39.7 Å². The van der Waals surface area contributed by atoms with Crippen LogP contribution in [-0.2, 0) is 13.1 Å². The molecule has 0 saturated carbocycles. The molecule has 0 bridgehead atoms. The van der Waals surface area contributed by atoms with Crippen LogP contribution in [0, 0.1) is 0 Å². The van der Waals surface area contributed by atoms with E-state index in [1.165, 1.54) is 4.88 Å². The number of thiophene rings is 2. The van der Waals surface area contributed by atoms with Gasteiger partial charge in [-0.15, -0.1) is 22.7 Å². The molecule has 0 unspecified atom stereocenters. The predicted octanol–water partition coefficient (Wildman–Crippen LogP) is 3.36. The molecular formula is C14H16N4S2. The molecule has 2 N–H and O–H groups in total. The Balaban J connectivity index is 1.79. The summed E-state index contributed by atoms with van der Waals surface area (Å²) in [6.07, 6.45) is 0. The molecule has 6 heteroatoms. The van der Waals surface area contributed by atoms with Crippen LogP contribution in [0.1, 0.15) is 17.6 Å². The van der Waals surface area contributed by atoms with E-state index in [9.17, 15) is 0 Å². The maximum Gasteiger partial charge on any atom is 0.146 e. The van der Waals surface area contributed by atoms with Gasteiger partial charge in [0.05, 0.1) is 11.9 Å². The Morgan fingerprint density at radius 1 is 1.15 bits per heavy atom. The summed E-state index contributed by atoms with van der Waals surface area (Å²) < 4.78 is 0. The molecule has 3 rings (SSSR count). The molecular weight excluding hydrogens is 288 g/mol. The first-order valence-corrected chi connectivity index (χ1v) is 8.26. The Bertz CT molecular complexity index is 690. The lowest BCUT2D eigenvalue weighted by atomic mass is 10.3. The van der Waals surface area contributed by atoms with Gasteiger partial charge in [0.15, 0.2) is 0 Å². The van der Waals surface area contributed by atoms with E-state index in [0.29, 0.717) is 5.82 Å². The molecule has 0 spiro atoms. The fourth-order valence-corrected chi connectivity index (χ4v) is 3.63. The minimum Gasteiger partial charge on any atom is -0.383 e. The first kappa shape index (κ1) is 13.5. The monoisotopic (exact) mass is 304 g/mol. The van der Waals surface area contributed by atoms with Crippen LogP contribution in [0.5, 0.6) is 0 Å². The standard InChI is InChI=1S/C14H16N4S2/c1-2-18(8-10-4-3-6-19-10)9-12-16-13(15)11-5-7-20-14(11)17-12/h3-7H,2,8-9H2,1H3,(H2,15,16,17). The third-order valence-corrected chi connectivity index (χ3v) is 4.84. The summed E-state index contributed by atoms with van der Waals surface area (Å²) in [5, 5.41) is 5.07. The molecule has 104 valence electrons. The van der Waals surface area contributed by atoms with Crippen molar-refractivity contribution in [1.82, 2.24) is 14.9 Å². The molecule has 3 aromatic rings. The fraction of sp³-hybridized carbons (Fsp3) is 0.286. The van der Waals surface area contributed by atoms with E-state index >= 15 is 0 Å². The zero-order chi connectivity index (χ0) is 13.9. The van der Waals surface area contributed by atoms with E-state index < -0.39 is 0 Å². The number of hydrogen-bond donors (Lipinski definition) is 1. The van der Waals surface area contributed by atoms with Gasteiger partial charge in [-0.3, -0.25) is 4.90 Å². The number of anilines is 1. The second-order valence-electron chi connectivity index (χ2n) is 4.55. The Kier molecular flexibility index (Phi) is 3.95. The topological polar surface area (TPSA) is 55.0 Å². The highest BCUT2D eigenvalue weighted by atomic mass is 32.1.